The lowest BCUT2D eigenvalue weighted by molar-refractivity contribution is -0.122. The molecule has 0 amide bonds. The second-order valence-electron chi connectivity index (χ2n) is 14.1. The minimum atomic E-state index is -1.97. The number of hydrogen-bond acceptors (Lipinski definition) is 4. The number of Topliss-reactive ketones (excluding diaryl/α,β-unsaturated/α-hetero) is 1. The van der Waals surface area contributed by atoms with Crippen molar-refractivity contribution in [3.05, 3.63) is 53.6 Å². The van der Waals surface area contributed by atoms with E-state index in [1.807, 2.05) is 6.07 Å². The van der Waals surface area contributed by atoms with E-state index in [4.69, 9.17) is 13.6 Å². The van der Waals surface area contributed by atoms with Crippen molar-refractivity contribution >= 4 is 22.4 Å². The fraction of sp³-hybridized carbons (Fsp3) is 0.581. The molecule has 1 aliphatic heterocycles. The Bertz CT molecular complexity index is 1140. The number of ketones is 1. The van der Waals surface area contributed by atoms with Gasteiger partial charge in [-0.2, -0.15) is 0 Å². The van der Waals surface area contributed by atoms with Crippen LogP contribution in [0.4, 0.5) is 0 Å². The third kappa shape index (κ3) is 5.70. The fourth-order valence-corrected chi connectivity index (χ4v) is 6.93. The van der Waals surface area contributed by atoms with Gasteiger partial charge < -0.3 is 13.6 Å². The summed E-state index contributed by atoms with van der Waals surface area (Å²) in [5.74, 6) is 3.47. The molecule has 1 saturated carbocycles. The van der Waals surface area contributed by atoms with E-state index in [0.717, 1.165) is 34.8 Å². The predicted molar refractivity (Wildman–Crippen MR) is 157 cm³/mol. The van der Waals surface area contributed by atoms with E-state index in [9.17, 15) is 4.79 Å². The van der Waals surface area contributed by atoms with Crippen LogP contribution in [0.1, 0.15) is 84.0 Å². The number of ether oxygens (including phenoxy) is 1. The molecule has 1 aliphatic carbocycles. The fourth-order valence-electron chi connectivity index (χ4n) is 4.88. The molecule has 6 heteroatoms. The van der Waals surface area contributed by atoms with Gasteiger partial charge in [0.1, 0.15) is 29.1 Å². The number of carbonyl (C=O) groups is 1. The molecule has 4 nitrogen and oxygen atoms in total. The molecule has 0 saturated heterocycles. The third-order valence-corrected chi connectivity index (χ3v) is 18.0. The maximum atomic E-state index is 12.6. The van der Waals surface area contributed by atoms with Gasteiger partial charge in [-0.1, -0.05) is 53.7 Å². The smallest absolute Gasteiger partial charge is 0.250 e. The molecule has 3 atom stereocenters. The van der Waals surface area contributed by atoms with Gasteiger partial charge in [0.15, 0.2) is 0 Å². The first kappa shape index (κ1) is 28.0. The summed E-state index contributed by atoms with van der Waals surface area (Å²) in [6.45, 7) is 22.6. The summed E-state index contributed by atoms with van der Waals surface area (Å²) in [5, 5.41) is 0.269. The monoisotopic (exact) mass is 538 g/mol. The number of benzene rings is 2. The maximum absolute atomic E-state index is 12.6. The molecular formula is C31H46O4Si2. The summed E-state index contributed by atoms with van der Waals surface area (Å²) in [6, 6.07) is 14.7. The van der Waals surface area contributed by atoms with Crippen LogP contribution in [0.3, 0.4) is 0 Å². The van der Waals surface area contributed by atoms with E-state index in [1.54, 1.807) is 0 Å². The van der Waals surface area contributed by atoms with Crippen LogP contribution < -0.4 is 13.6 Å². The molecular weight excluding hydrogens is 493 g/mol. The molecule has 0 aromatic heterocycles. The zero-order chi connectivity index (χ0) is 27.4. The maximum Gasteiger partial charge on any atom is 0.250 e. The first-order valence-corrected chi connectivity index (χ1v) is 19.6. The lowest BCUT2D eigenvalue weighted by Crippen LogP contribution is -2.44. The van der Waals surface area contributed by atoms with Gasteiger partial charge in [-0.25, -0.2) is 0 Å². The van der Waals surface area contributed by atoms with E-state index in [1.165, 1.54) is 0 Å². The highest BCUT2D eigenvalue weighted by Crippen LogP contribution is 2.53. The Kier molecular flexibility index (Phi) is 7.26. The first-order chi connectivity index (χ1) is 17.0. The third-order valence-electron chi connectivity index (χ3n) is 9.31. The Morgan fingerprint density at radius 2 is 1.35 bits per heavy atom. The minimum absolute atomic E-state index is 0.0697. The summed E-state index contributed by atoms with van der Waals surface area (Å²) in [6.07, 6.45) is 1.99. The van der Waals surface area contributed by atoms with E-state index < -0.39 is 16.6 Å². The largest absolute Gasteiger partial charge is 0.544 e. The van der Waals surface area contributed by atoms with Crippen molar-refractivity contribution in [3.8, 4) is 17.2 Å². The summed E-state index contributed by atoms with van der Waals surface area (Å²) >= 11 is 0. The SMILES string of the molecule is CC(C)(C)[Si](C)(C)Oc1ccc(C2Oc3ccc(O[Si](C)(C)C(C)(C)C)cc3[C@H]3CC(=O)CC[C@@H]23)cc1. The van der Waals surface area contributed by atoms with Crippen LogP contribution in [0.2, 0.25) is 36.3 Å². The van der Waals surface area contributed by atoms with Crippen LogP contribution in [0.5, 0.6) is 17.2 Å². The Balaban J connectivity index is 1.62. The van der Waals surface area contributed by atoms with Crippen molar-refractivity contribution in [1.82, 2.24) is 0 Å². The summed E-state index contributed by atoms with van der Waals surface area (Å²) < 4.78 is 19.8. The Morgan fingerprint density at radius 1 is 0.811 bits per heavy atom. The van der Waals surface area contributed by atoms with Gasteiger partial charge >= 0.3 is 0 Å². The Labute approximate surface area is 226 Å². The molecule has 1 fully saturated rings. The van der Waals surface area contributed by atoms with Gasteiger partial charge in [-0.3, -0.25) is 4.79 Å². The van der Waals surface area contributed by atoms with Crippen LogP contribution in [0.15, 0.2) is 42.5 Å². The molecule has 0 N–H and O–H groups in total. The number of hydrogen-bond donors (Lipinski definition) is 0. The van der Waals surface area contributed by atoms with Gasteiger partial charge in [0, 0.05) is 30.2 Å². The Morgan fingerprint density at radius 3 is 1.92 bits per heavy atom. The minimum Gasteiger partial charge on any atom is -0.544 e. The van der Waals surface area contributed by atoms with Crippen LogP contribution >= 0.6 is 0 Å². The van der Waals surface area contributed by atoms with Crippen LogP contribution in [0, 0.1) is 5.92 Å². The van der Waals surface area contributed by atoms with E-state index in [2.05, 4.69) is 104 Å². The number of carbonyl (C=O) groups excluding carboxylic acids is 1. The molecule has 2 aromatic carbocycles. The molecule has 2 aromatic rings. The number of rotatable bonds is 5. The summed E-state index contributed by atoms with van der Waals surface area (Å²) in [7, 11) is -3.86. The highest BCUT2D eigenvalue weighted by atomic mass is 28.4. The zero-order valence-corrected chi connectivity index (χ0v) is 26.5. The molecule has 0 radical (unpaired) electrons. The average molecular weight is 539 g/mol. The molecule has 0 bridgehead atoms. The van der Waals surface area contributed by atoms with Crippen LogP contribution in [-0.4, -0.2) is 22.4 Å². The molecule has 1 unspecified atom stereocenters. The van der Waals surface area contributed by atoms with Crippen molar-refractivity contribution in [2.45, 2.75) is 109 Å². The first-order valence-electron chi connectivity index (χ1n) is 13.8. The van der Waals surface area contributed by atoms with Gasteiger partial charge in [0.2, 0.25) is 16.6 Å². The topological polar surface area (TPSA) is 44.8 Å². The van der Waals surface area contributed by atoms with Crippen molar-refractivity contribution in [1.29, 1.82) is 0 Å². The molecule has 0 spiro atoms. The second-order valence-corrected chi connectivity index (χ2v) is 23.5. The van der Waals surface area contributed by atoms with Gasteiger partial charge in [0.25, 0.3) is 0 Å². The number of fused-ring (bicyclic) bond motifs is 3. The molecule has 202 valence electrons. The van der Waals surface area contributed by atoms with E-state index in [-0.39, 0.29) is 28.0 Å². The van der Waals surface area contributed by atoms with Gasteiger partial charge in [-0.15, -0.1) is 0 Å². The van der Waals surface area contributed by atoms with Crippen molar-refractivity contribution in [3.63, 3.8) is 0 Å². The Hall–Kier alpha value is -2.06. The quantitative estimate of drug-likeness (QED) is 0.356. The summed E-state index contributed by atoms with van der Waals surface area (Å²) in [5.41, 5.74) is 2.28. The highest BCUT2D eigenvalue weighted by molar-refractivity contribution is 6.75. The van der Waals surface area contributed by atoms with Crippen molar-refractivity contribution in [2.24, 2.45) is 5.92 Å². The molecule has 37 heavy (non-hydrogen) atoms. The molecule has 4 rings (SSSR count). The van der Waals surface area contributed by atoms with Crippen molar-refractivity contribution < 1.29 is 18.4 Å². The summed E-state index contributed by atoms with van der Waals surface area (Å²) in [4.78, 5) is 12.6. The highest BCUT2D eigenvalue weighted by Gasteiger charge is 2.44. The lowest BCUT2D eigenvalue weighted by Gasteiger charge is -2.43. The van der Waals surface area contributed by atoms with Crippen LogP contribution in [0.25, 0.3) is 0 Å². The lowest BCUT2D eigenvalue weighted by atomic mass is 9.69. The van der Waals surface area contributed by atoms with Crippen molar-refractivity contribution in [2.75, 3.05) is 0 Å². The second kappa shape index (κ2) is 9.60. The zero-order valence-electron chi connectivity index (χ0n) is 24.5. The van der Waals surface area contributed by atoms with Gasteiger partial charge in [0.05, 0.1) is 0 Å². The van der Waals surface area contributed by atoms with E-state index in [0.29, 0.717) is 18.6 Å². The average Bonchev–Trinajstić information content (AvgIpc) is 2.77. The molecule has 2 aliphatic rings. The van der Waals surface area contributed by atoms with Crippen LogP contribution in [-0.2, 0) is 4.79 Å². The van der Waals surface area contributed by atoms with Gasteiger partial charge in [-0.05, 0) is 78.6 Å². The molecule has 1 heterocycles. The normalized spacial score (nSPS) is 22.5. The predicted octanol–water partition coefficient (Wildman–Crippen LogP) is 9.04. The standard InChI is InChI=1S/C31H46O4Si2/c1-30(2,3)36(7,8)34-23-14-11-21(12-15-23)29-25-17-13-22(32)19-26(25)27-20-24(16-18-28(27)33-29)35-37(9,10)31(4,5)6/h11-12,14-16,18,20,25-26,29H,13,17,19H2,1-10H3/t25-,26+,29?/m1/s1. The van der Waals surface area contributed by atoms with E-state index >= 15 is 0 Å².